The zero-order valence-electron chi connectivity index (χ0n) is 10.8. The number of hydrogen-bond acceptors (Lipinski definition) is 3. The highest BCUT2D eigenvalue weighted by Gasteiger charge is 2.39. The SMILES string of the molecule is O=C(O)c1ccc(C2(c3ccccc3)SCCS2)cc1. The lowest BCUT2D eigenvalue weighted by Gasteiger charge is -2.28. The number of carboxylic acids is 1. The van der Waals surface area contributed by atoms with Crippen LogP contribution in [0.1, 0.15) is 21.5 Å². The molecule has 0 unspecified atom stereocenters. The summed E-state index contributed by atoms with van der Waals surface area (Å²) >= 11 is 3.85. The van der Waals surface area contributed by atoms with E-state index in [-0.39, 0.29) is 4.08 Å². The Morgan fingerprint density at radius 2 is 1.45 bits per heavy atom. The van der Waals surface area contributed by atoms with Gasteiger partial charge < -0.3 is 5.11 Å². The largest absolute Gasteiger partial charge is 0.478 e. The molecule has 2 nitrogen and oxygen atoms in total. The molecule has 2 aromatic rings. The van der Waals surface area contributed by atoms with E-state index in [0.29, 0.717) is 5.56 Å². The smallest absolute Gasteiger partial charge is 0.335 e. The lowest BCUT2D eigenvalue weighted by atomic mass is 10.0. The van der Waals surface area contributed by atoms with Crippen LogP contribution in [0.4, 0.5) is 0 Å². The quantitative estimate of drug-likeness (QED) is 0.927. The molecule has 0 bridgehead atoms. The maximum absolute atomic E-state index is 11.0. The van der Waals surface area contributed by atoms with Gasteiger partial charge in [0.15, 0.2) is 0 Å². The van der Waals surface area contributed by atoms with E-state index in [1.807, 2.05) is 41.7 Å². The molecule has 0 amide bonds. The second kappa shape index (κ2) is 5.54. The fourth-order valence-corrected chi connectivity index (χ4v) is 5.69. The van der Waals surface area contributed by atoms with Gasteiger partial charge in [-0.3, -0.25) is 0 Å². The molecule has 102 valence electrons. The Morgan fingerprint density at radius 3 is 2.00 bits per heavy atom. The van der Waals surface area contributed by atoms with Gasteiger partial charge in [-0.25, -0.2) is 4.79 Å². The van der Waals surface area contributed by atoms with Crippen molar-refractivity contribution in [1.82, 2.24) is 0 Å². The van der Waals surface area contributed by atoms with Gasteiger partial charge in [0.2, 0.25) is 0 Å². The van der Waals surface area contributed by atoms with E-state index in [1.165, 1.54) is 11.1 Å². The van der Waals surface area contributed by atoms with Gasteiger partial charge in [-0.05, 0) is 23.3 Å². The molecule has 1 saturated heterocycles. The van der Waals surface area contributed by atoms with Crippen LogP contribution in [0, 0.1) is 0 Å². The van der Waals surface area contributed by atoms with Gasteiger partial charge in [-0.1, -0.05) is 42.5 Å². The highest BCUT2D eigenvalue weighted by Crippen LogP contribution is 2.56. The van der Waals surface area contributed by atoms with Crippen molar-refractivity contribution in [3.05, 3.63) is 71.3 Å². The molecule has 0 saturated carbocycles. The van der Waals surface area contributed by atoms with Crippen LogP contribution < -0.4 is 0 Å². The first-order chi connectivity index (χ1) is 9.72. The monoisotopic (exact) mass is 302 g/mol. The lowest BCUT2D eigenvalue weighted by Crippen LogP contribution is -2.16. The molecule has 0 radical (unpaired) electrons. The van der Waals surface area contributed by atoms with Crippen molar-refractivity contribution in [1.29, 1.82) is 0 Å². The third-order valence-electron chi connectivity index (χ3n) is 3.36. The van der Waals surface area contributed by atoms with E-state index in [4.69, 9.17) is 5.11 Å². The van der Waals surface area contributed by atoms with Crippen LogP contribution in [0.15, 0.2) is 54.6 Å². The molecule has 0 aromatic heterocycles. The van der Waals surface area contributed by atoms with Crippen molar-refractivity contribution in [2.24, 2.45) is 0 Å². The summed E-state index contributed by atoms with van der Waals surface area (Å²) in [6.45, 7) is 0. The van der Waals surface area contributed by atoms with Gasteiger partial charge in [0, 0.05) is 11.5 Å². The first-order valence-corrected chi connectivity index (χ1v) is 8.37. The number of carbonyl (C=O) groups is 1. The Bertz CT molecular complexity index is 602. The summed E-state index contributed by atoms with van der Waals surface area (Å²) in [4.78, 5) is 11.0. The van der Waals surface area contributed by atoms with Gasteiger partial charge in [-0.15, -0.1) is 23.5 Å². The van der Waals surface area contributed by atoms with Gasteiger partial charge in [0.05, 0.1) is 5.56 Å². The first-order valence-electron chi connectivity index (χ1n) is 6.40. The number of thioether (sulfide) groups is 2. The predicted molar refractivity (Wildman–Crippen MR) is 85.5 cm³/mol. The summed E-state index contributed by atoms with van der Waals surface area (Å²) in [5.74, 6) is 1.34. The van der Waals surface area contributed by atoms with E-state index in [2.05, 4.69) is 24.3 Å². The van der Waals surface area contributed by atoms with E-state index in [0.717, 1.165) is 11.5 Å². The van der Waals surface area contributed by atoms with Crippen molar-refractivity contribution in [2.75, 3.05) is 11.5 Å². The second-order valence-corrected chi connectivity index (χ2v) is 7.44. The lowest BCUT2D eigenvalue weighted by molar-refractivity contribution is 0.0697. The van der Waals surface area contributed by atoms with Crippen LogP contribution in [-0.2, 0) is 4.08 Å². The number of rotatable bonds is 3. The second-order valence-electron chi connectivity index (χ2n) is 4.56. The number of hydrogen-bond donors (Lipinski definition) is 1. The summed E-state index contributed by atoms with van der Waals surface area (Å²) in [6, 6.07) is 17.7. The van der Waals surface area contributed by atoms with Crippen molar-refractivity contribution < 1.29 is 9.90 Å². The van der Waals surface area contributed by atoms with Crippen LogP contribution in [0.25, 0.3) is 0 Å². The average Bonchev–Trinajstić information content (AvgIpc) is 2.99. The Morgan fingerprint density at radius 1 is 0.900 bits per heavy atom. The highest BCUT2D eigenvalue weighted by molar-refractivity contribution is 8.20. The predicted octanol–water partition coefficient (Wildman–Crippen LogP) is 4.07. The van der Waals surface area contributed by atoms with Gasteiger partial charge in [-0.2, -0.15) is 0 Å². The summed E-state index contributed by atoms with van der Waals surface area (Å²) in [5.41, 5.74) is 2.78. The number of aromatic carboxylic acids is 1. The van der Waals surface area contributed by atoms with Gasteiger partial charge in [0.25, 0.3) is 0 Å². The molecule has 0 aliphatic carbocycles. The Kier molecular flexibility index (Phi) is 3.76. The third kappa shape index (κ3) is 2.34. The zero-order valence-corrected chi connectivity index (χ0v) is 12.4. The number of carboxylic acid groups (broad SMARTS) is 1. The normalized spacial score (nSPS) is 17.0. The van der Waals surface area contributed by atoms with Crippen molar-refractivity contribution in [2.45, 2.75) is 4.08 Å². The summed E-state index contributed by atoms with van der Waals surface area (Å²) in [6.07, 6.45) is 0. The van der Waals surface area contributed by atoms with Crippen LogP contribution in [0.5, 0.6) is 0 Å². The van der Waals surface area contributed by atoms with Crippen LogP contribution >= 0.6 is 23.5 Å². The molecule has 20 heavy (non-hydrogen) atoms. The molecule has 1 heterocycles. The minimum atomic E-state index is -0.878. The van der Waals surface area contributed by atoms with Crippen molar-refractivity contribution in [3.8, 4) is 0 Å². The van der Waals surface area contributed by atoms with E-state index in [9.17, 15) is 4.79 Å². The van der Waals surface area contributed by atoms with Crippen LogP contribution in [0.2, 0.25) is 0 Å². The van der Waals surface area contributed by atoms with E-state index in [1.54, 1.807) is 12.1 Å². The highest BCUT2D eigenvalue weighted by atomic mass is 32.2. The molecule has 1 aliphatic rings. The average molecular weight is 302 g/mol. The van der Waals surface area contributed by atoms with Gasteiger partial charge in [0.1, 0.15) is 4.08 Å². The first kappa shape index (κ1) is 13.6. The molecule has 3 rings (SSSR count). The Hall–Kier alpha value is -1.39. The molecule has 1 N–H and O–H groups in total. The number of benzene rings is 2. The molecular weight excluding hydrogens is 288 g/mol. The standard InChI is InChI=1S/C16H14O2S2/c17-15(18)12-6-8-14(9-7-12)16(19-10-11-20-16)13-4-2-1-3-5-13/h1-9H,10-11H2,(H,17,18). The fourth-order valence-electron chi connectivity index (χ4n) is 2.40. The van der Waals surface area contributed by atoms with Crippen LogP contribution in [0.3, 0.4) is 0 Å². The summed E-state index contributed by atoms with van der Waals surface area (Å²) < 4.78 is -0.0989. The summed E-state index contributed by atoms with van der Waals surface area (Å²) in [7, 11) is 0. The molecule has 0 atom stereocenters. The van der Waals surface area contributed by atoms with E-state index >= 15 is 0 Å². The fraction of sp³-hybridized carbons (Fsp3) is 0.188. The zero-order chi connectivity index (χ0) is 14.0. The summed E-state index contributed by atoms with van der Waals surface area (Å²) in [5, 5.41) is 9.01. The third-order valence-corrected chi connectivity index (χ3v) is 6.90. The molecule has 1 fully saturated rings. The molecule has 1 aliphatic heterocycles. The molecular formula is C16H14O2S2. The van der Waals surface area contributed by atoms with Gasteiger partial charge >= 0.3 is 5.97 Å². The molecule has 4 heteroatoms. The maximum Gasteiger partial charge on any atom is 0.335 e. The minimum absolute atomic E-state index is 0.0989. The topological polar surface area (TPSA) is 37.3 Å². The molecule has 0 spiro atoms. The minimum Gasteiger partial charge on any atom is -0.478 e. The molecule has 2 aromatic carbocycles. The van der Waals surface area contributed by atoms with Crippen molar-refractivity contribution >= 4 is 29.5 Å². The Balaban J connectivity index is 2.05. The van der Waals surface area contributed by atoms with E-state index < -0.39 is 5.97 Å². The maximum atomic E-state index is 11.0. The van der Waals surface area contributed by atoms with Crippen molar-refractivity contribution in [3.63, 3.8) is 0 Å². The Labute approximate surface area is 126 Å². The van der Waals surface area contributed by atoms with Crippen LogP contribution in [-0.4, -0.2) is 22.6 Å².